The Morgan fingerprint density at radius 2 is 2.18 bits per heavy atom. The number of carbonyl (C=O) groups is 1. The maximum Gasteiger partial charge on any atom is 0.288 e. The van der Waals surface area contributed by atoms with Crippen LogP contribution in [-0.4, -0.2) is 36.6 Å². The van der Waals surface area contributed by atoms with E-state index in [1.54, 1.807) is 0 Å². The molecule has 0 spiro atoms. The number of aliphatic imine (C=N–C) groups is 4. The molecule has 2 heterocycles. The van der Waals surface area contributed by atoms with Crippen LogP contribution >= 0.6 is 0 Å². The summed E-state index contributed by atoms with van der Waals surface area (Å²) in [6.45, 7) is 0. The molecule has 0 N–H and O–H groups in total. The van der Waals surface area contributed by atoms with E-state index in [0.717, 1.165) is 0 Å². The molecular formula is C6H4N4O. The molecule has 5 nitrogen and oxygen atoms in total. The van der Waals surface area contributed by atoms with E-state index in [1.807, 2.05) is 0 Å². The van der Waals surface area contributed by atoms with Crippen molar-refractivity contribution in [2.75, 3.05) is 0 Å². The minimum atomic E-state index is -0.347. The third-order valence-corrected chi connectivity index (χ3v) is 1.31. The van der Waals surface area contributed by atoms with Crippen molar-refractivity contribution in [3.05, 3.63) is 0 Å². The number of amides is 1. The van der Waals surface area contributed by atoms with Gasteiger partial charge in [-0.15, -0.1) is 0 Å². The third kappa shape index (κ3) is 1.000. The topological polar surface area (TPSA) is 66.5 Å². The number of nitrogens with zero attached hydrogens (tertiary/aromatic N) is 4. The highest BCUT2D eigenvalue weighted by Crippen LogP contribution is 2.03. The first kappa shape index (κ1) is 6.09. The second-order valence-corrected chi connectivity index (χ2v) is 2.07. The van der Waals surface area contributed by atoms with E-state index >= 15 is 0 Å². The Kier molecular flexibility index (Phi) is 1.21. The predicted molar refractivity (Wildman–Crippen MR) is 41.7 cm³/mol. The van der Waals surface area contributed by atoms with Gasteiger partial charge in [-0.1, -0.05) is 0 Å². The lowest BCUT2D eigenvalue weighted by Gasteiger charge is -2.11. The summed E-state index contributed by atoms with van der Waals surface area (Å²) in [7, 11) is 0. The summed E-state index contributed by atoms with van der Waals surface area (Å²) >= 11 is 0. The number of rotatable bonds is 0. The molecule has 1 unspecified atom stereocenters. The second-order valence-electron chi connectivity index (χ2n) is 2.07. The molecule has 2 rings (SSSR count). The summed E-state index contributed by atoms with van der Waals surface area (Å²) < 4.78 is 0. The van der Waals surface area contributed by atoms with Crippen molar-refractivity contribution >= 4 is 30.4 Å². The van der Waals surface area contributed by atoms with Crippen LogP contribution in [0.15, 0.2) is 20.0 Å². The zero-order chi connectivity index (χ0) is 7.68. The molecule has 0 aromatic rings. The number of hydrogen-bond acceptors (Lipinski definition) is 4. The van der Waals surface area contributed by atoms with Crippen LogP contribution in [0.4, 0.5) is 0 Å². The quantitative estimate of drug-likeness (QED) is 0.455. The summed E-state index contributed by atoms with van der Waals surface area (Å²) in [4.78, 5) is 25.8. The maximum atomic E-state index is 10.7. The Balaban J connectivity index is 2.39. The molecule has 0 fully saturated rings. The molecule has 0 bridgehead atoms. The lowest BCUT2D eigenvalue weighted by molar-refractivity contribution is -0.111. The van der Waals surface area contributed by atoms with Crippen LogP contribution in [0, 0.1) is 0 Å². The summed E-state index contributed by atoms with van der Waals surface area (Å²) in [5.74, 6) is -0.347. The van der Waals surface area contributed by atoms with Gasteiger partial charge in [-0.25, -0.2) is 15.0 Å². The molecule has 1 atom stereocenters. The molecule has 0 saturated heterocycles. The first-order chi connectivity index (χ1) is 5.36. The van der Waals surface area contributed by atoms with E-state index in [0.29, 0.717) is 5.71 Å². The molecule has 54 valence electrons. The predicted octanol–water partition coefficient (Wildman–Crippen LogP) is -0.523. The fourth-order valence-corrected chi connectivity index (χ4v) is 0.846. The van der Waals surface area contributed by atoms with Gasteiger partial charge in [0, 0.05) is 0 Å². The zero-order valence-electron chi connectivity index (χ0n) is 5.51. The lowest BCUT2D eigenvalue weighted by atomic mass is 10.3. The van der Waals surface area contributed by atoms with Crippen LogP contribution < -0.4 is 0 Å². The number of fused-ring (bicyclic) bond motifs is 1. The highest BCUT2D eigenvalue weighted by molar-refractivity contribution is 6.43. The van der Waals surface area contributed by atoms with Crippen LogP contribution in [0.3, 0.4) is 0 Å². The Morgan fingerprint density at radius 3 is 3.09 bits per heavy atom. The Hall–Kier alpha value is -1.65. The lowest BCUT2D eigenvalue weighted by Crippen LogP contribution is -2.26. The van der Waals surface area contributed by atoms with Gasteiger partial charge in [0.1, 0.15) is 12.1 Å². The standard InChI is InChI=1S/C6H4N4O/c11-5-2-8-6-4(10-5)1-7-3-9-6/h1-3,6H. The van der Waals surface area contributed by atoms with Crippen LogP contribution in [0.5, 0.6) is 0 Å². The molecule has 0 aromatic heterocycles. The van der Waals surface area contributed by atoms with E-state index in [1.165, 1.54) is 18.8 Å². The van der Waals surface area contributed by atoms with Crippen molar-refractivity contribution < 1.29 is 4.79 Å². The van der Waals surface area contributed by atoms with Crippen molar-refractivity contribution in [3.8, 4) is 0 Å². The minimum Gasteiger partial charge on any atom is -0.266 e. The summed E-state index contributed by atoms with van der Waals surface area (Å²) in [5, 5.41) is 0. The molecular weight excluding hydrogens is 144 g/mol. The molecule has 0 aromatic carbocycles. The highest BCUT2D eigenvalue weighted by atomic mass is 16.1. The largest absolute Gasteiger partial charge is 0.288 e. The van der Waals surface area contributed by atoms with Crippen LogP contribution in [0.25, 0.3) is 0 Å². The van der Waals surface area contributed by atoms with Gasteiger partial charge in [0.2, 0.25) is 0 Å². The second kappa shape index (κ2) is 2.19. The van der Waals surface area contributed by atoms with Gasteiger partial charge >= 0.3 is 0 Å². The first-order valence-corrected chi connectivity index (χ1v) is 3.07. The molecule has 2 aliphatic rings. The Bertz CT molecular complexity index is 313. The van der Waals surface area contributed by atoms with Crippen LogP contribution in [0.1, 0.15) is 0 Å². The van der Waals surface area contributed by atoms with Crippen LogP contribution in [0.2, 0.25) is 0 Å². The number of hydrogen-bond donors (Lipinski definition) is 0. The van der Waals surface area contributed by atoms with Gasteiger partial charge in [-0.2, -0.15) is 0 Å². The normalized spacial score (nSPS) is 26.7. The molecule has 11 heavy (non-hydrogen) atoms. The van der Waals surface area contributed by atoms with Crippen molar-refractivity contribution in [2.24, 2.45) is 20.0 Å². The monoisotopic (exact) mass is 148 g/mol. The van der Waals surface area contributed by atoms with Gasteiger partial charge in [0.05, 0.1) is 12.4 Å². The van der Waals surface area contributed by atoms with Gasteiger partial charge < -0.3 is 0 Å². The highest BCUT2D eigenvalue weighted by Gasteiger charge is 2.17. The average Bonchev–Trinajstić information content (AvgIpc) is 2.04. The first-order valence-electron chi connectivity index (χ1n) is 3.07. The van der Waals surface area contributed by atoms with E-state index < -0.39 is 0 Å². The summed E-state index contributed by atoms with van der Waals surface area (Å²) in [6, 6.07) is 0. The van der Waals surface area contributed by atoms with Gasteiger partial charge in [-0.3, -0.25) is 9.79 Å². The summed E-state index contributed by atoms with van der Waals surface area (Å²) in [6.07, 6.45) is 3.72. The van der Waals surface area contributed by atoms with Crippen LogP contribution in [-0.2, 0) is 4.79 Å². The van der Waals surface area contributed by atoms with E-state index in [4.69, 9.17) is 0 Å². The third-order valence-electron chi connectivity index (χ3n) is 1.31. The van der Waals surface area contributed by atoms with Crippen molar-refractivity contribution in [2.45, 2.75) is 6.17 Å². The van der Waals surface area contributed by atoms with Gasteiger partial charge in [-0.05, 0) is 0 Å². The smallest absolute Gasteiger partial charge is 0.266 e. The molecule has 0 saturated carbocycles. The molecule has 5 heteroatoms. The van der Waals surface area contributed by atoms with Crippen molar-refractivity contribution in [3.63, 3.8) is 0 Å². The fraction of sp³-hybridized carbons (Fsp3) is 0.167. The zero-order valence-corrected chi connectivity index (χ0v) is 5.51. The van der Waals surface area contributed by atoms with E-state index in [-0.39, 0.29) is 12.1 Å². The average molecular weight is 148 g/mol. The Labute approximate surface area is 62.3 Å². The summed E-state index contributed by atoms with van der Waals surface area (Å²) in [5.41, 5.74) is 0.514. The minimum absolute atomic E-state index is 0.342. The van der Waals surface area contributed by atoms with E-state index in [2.05, 4.69) is 20.0 Å². The van der Waals surface area contributed by atoms with Gasteiger partial charge in [0.15, 0.2) is 6.17 Å². The Morgan fingerprint density at radius 1 is 1.27 bits per heavy atom. The molecule has 0 radical (unpaired) electrons. The van der Waals surface area contributed by atoms with Gasteiger partial charge in [0.25, 0.3) is 5.91 Å². The maximum absolute atomic E-state index is 10.7. The number of carbonyl (C=O) groups excluding carboxylic acids is 1. The molecule has 2 aliphatic heterocycles. The van der Waals surface area contributed by atoms with E-state index in [9.17, 15) is 4.79 Å². The van der Waals surface area contributed by atoms with Crippen molar-refractivity contribution in [1.29, 1.82) is 0 Å². The van der Waals surface area contributed by atoms with Crippen molar-refractivity contribution in [1.82, 2.24) is 0 Å². The molecule has 1 amide bonds. The molecule has 0 aliphatic carbocycles. The SMILES string of the molecule is O=C1C=NC2N=CN=CC2=N1. The fourth-order valence-electron chi connectivity index (χ4n) is 0.846.